The van der Waals surface area contributed by atoms with Crippen molar-refractivity contribution in [2.24, 2.45) is 0 Å². The van der Waals surface area contributed by atoms with E-state index < -0.39 is 5.97 Å². The summed E-state index contributed by atoms with van der Waals surface area (Å²) in [5, 5.41) is 22.4. The van der Waals surface area contributed by atoms with E-state index >= 15 is 0 Å². The number of carboxylic acids is 1. The van der Waals surface area contributed by atoms with Crippen LogP contribution in [0.2, 0.25) is 0 Å². The van der Waals surface area contributed by atoms with Gasteiger partial charge in [-0.05, 0) is 22.0 Å². The van der Waals surface area contributed by atoms with Crippen molar-refractivity contribution in [3.63, 3.8) is 0 Å². The minimum atomic E-state index is -1.07. The average molecular weight is 269 g/mol. The highest BCUT2D eigenvalue weighted by atomic mass is 79.9. The van der Waals surface area contributed by atoms with E-state index in [0.29, 0.717) is 15.7 Å². The van der Waals surface area contributed by atoms with Gasteiger partial charge in [-0.2, -0.15) is 15.3 Å². The maximum atomic E-state index is 10.7. The van der Waals surface area contributed by atoms with Gasteiger partial charge in [-0.1, -0.05) is 0 Å². The lowest BCUT2D eigenvalue weighted by atomic mass is 10.2. The Bertz CT molecular complexity index is 497. The predicted octanol–water partition coefficient (Wildman–Crippen LogP) is 1.33. The molecule has 2 aromatic heterocycles. The number of hydrogen-bond donors (Lipinski definition) is 2. The van der Waals surface area contributed by atoms with E-state index in [-0.39, 0.29) is 5.69 Å². The number of H-pyrrole nitrogens is 1. The lowest BCUT2D eigenvalue weighted by Gasteiger charge is -1.94. The van der Waals surface area contributed by atoms with Crippen LogP contribution in [-0.2, 0) is 0 Å². The van der Waals surface area contributed by atoms with Gasteiger partial charge < -0.3 is 5.11 Å². The van der Waals surface area contributed by atoms with Gasteiger partial charge in [-0.3, -0.25) is 5.10 Å². The van der Waals surface area contributed by atoms with Crippen molar-refractivity contribution in [1.82, 2.24) is 20.4 Å². The van der Waals surface area contributed by atoms with Crippen LogP contribution in [0.15, 0.2) is 22.9 Å². The summed E-state index contributed by atoms with van der Waals surface area (Å²) in [6.45, 7) is 0. The third-order valence-electron chi connectivity index (χ3n) is 1.78. The first-order chi connectivity index (χ1) is 7.20. The molecule has 2 N–H and O–H groups in total. The third kappa shape index (κ3) is 1.73. The quantitative estimate of drug-likeness (QED) is 0.857. The van der Waals surface area contributed by atoms with Gasteiger partial charge in [0.2, 0.25) is 0 Å². The van der Waals surface area contributed by atoms with Crippen LogP contribution in [0, 0.1) is 0 Å². The Kier molecular flexibility index (Phi) is 2.46. The van der Waals surface area contributed by atoms with E-state index in [1.54, 1.807) is 6.07 Å². The van der Waals surface area contributed by atoms with Gasteiger partial charge in [0.1, 0.15) is 5.69 Å². The fourth-order valence-electron chi connectivity index (χ4n) is 1.09. The zero-order chi connectivity index (χ0) is 10.8. The van der Waals surface area contributed by atoms with Crippen LogP contribution < -0.4 is 0 Å². The molecule has 2 heterocycles. The second-order valence-electron chi connectivity index (χ2n) is 2.70. The van der Waals surface area contributed by atoms with Crippen LogP contribution in [0.3, 0.4) is 0 Å². The molecule has 0 atom stereocenters. The zero-order valence-corrected chi connectivity index (χ0v) is 8.89. The Hall–Kier alpha value is -1.76. The SMILES string of the molecule is O=C(O)c1[nH]nc(-c2ccnnc2)c1Br. The molecule has 76 valence electrons. The van der Waals surface area contributed by atoms with Crippen molar-refractivity contribution in [2.75, 3.05) is 0 Å². The number of hydrogen-bond acceptors (Lipinski definition) is 4. The molecule has 0 spiro atoms. The number of aromatic amines is 1. The average Bonchev–Trinajstić information content (AvgIpc) is 2.61. The molecule has 0 amide bonds. The number of nitrogens with one attached hydrogen (secondary N) is 1. The van der Waals surface area contributed by atoms with Crippen LogP contribution >= 0.6 is 15.9 Å². The van der Waals surface area contributed by atoms with Crippen molar-refractivity contribution in [1.29, 1.82) is 0 Å². The molecular weight excluding hydrogens is 264 g/mol. The molecule has 0 aliphatic carbocycles. The first kappa shape index (κ1) is 9.78. The second kappa shape index (κ2) is 3.77. The van der Waals surface area contributed by atoms with Gasteiger partial charge in [0.25, 0.3) is 0 Å². The summed E-state index contributed by atoms with van der Waals surface area (Å²) in [7, 11) is 0. The molecule has 0 radical (unpaired) electrons. The molecule has 7 heteroatoms. The summed E-state index contributed by atoms with van der Waals surface area (Å²) >= 11 is 3.17. The number of halogens is 1. The lowest BCUT2D eigenvalue weighted by molar-refractivity contribution is 0.0689. The standard InChI is InChI=1S/C8H5BrN4O2/c9-5-6(4-1-2-10-11-3-4)12-13-7(5)8(14)15/h1-3H,(H,12,13)(H,14,15). The maximum absolute atomic E-state index is 10.7. The highest BCUT2D eigenvalue weighted by Crippen LogP contribution is 2.27. The molecule has 0 aliphatic heterocycles. The molecule has 2 aromatic rings. The molecule has 0 aliphatic rings. The highest BCUT2D eigenvalue weighted by Gasteiger charge is 2.17. The molecule has 0 unspecified atom stereocenters. The number of carboxylic acid groups (broad SMARTS) is 1. The normalized spacial score (nSPS) is 10.2. The summed E-state index contributed by atoms with van der Waals surface area (Å²) in [6, 6.07) is 1.69. The smallest absolute Gasteiger partial charge is 0.355 e. The Morgan fingerprint density at radius 3 is 2.80 bits per heavy atom. The Morgan fingerprint density at radius 1 is 1.47 bits per heavy atom. The van der Waals surface area contributed by atoms with Crippen molar-refractivity contribution >= 4 is 21.9 Å². The van der Waals surface area contributed by atoms with Crippen molar-refractivity contribution in [3.8, 4) is 11.3 Å². The molecule has 6 nitrogen and oxygen atoms in total. The van der Waals surface area contributed by atoms with Gasteiger partial charge in [0.05, 0.1) is 16.9 Å². The van der Waals surface area contributed by atoms with E-state index in [9.17, 15) is 4.79 Å². The second-order valence-corrected chi connectivity index (χ2v) is 3.49. The molecule has 0 saturated carbocycles. The third-order valence-corrected chi connectivity index (χ3v) is 2.55. The van der Waals surface area contributed by atoms with Crippen molar-refractivity contribution in [2.45, 2.75) is 0 Å². The van der Waals surface area contributed by atoms with Gasteiger partial charge in [-0.15, -0.1) is 0 Å². The summed E-state index contributed by atoms with van der Waals surface area (Å²) < 4.78 is 0.406. The molecule has 2 rings (SSSR count). The number of carbonyl (C=O) groups is 1. The minimum Gasteiger partial charge on any atom is -0.476 e. The summed E-state index contributed by atoms with van der Waals surface area (Å²) in [4.78, 5) is 10.7. The van der Waals surface area contributed by atoms with Gasteiger partial charge in [0, 0.05) is 5.56 Å². The molecular formula is C8H5BrN4O2. The van der Waals surface area contributed by atoms with Crippen LogP contribution in [0.1, 0.15) is 10.5 Å². The van der Waals surface area contributed by atoms with E-state index in [4.69, 9.17) is 5.11 Å². The molecule has 0 bridgehead atoms. The zero-order valence-electron chi connectivity index (χ0n) is 7.31. The van der Waals surface area contributed by atoms with Crippen LogP contribution in [0.5, 0.6) is 0 Å². The molecule has 15 heavy (non-hydrogen) atoms. The number of aromatic nitrogens is 4. The first-order valence-corrected chi connectivity index (χ1v) is 4.73. The van der Waals surface area contributed by atoms with Crippen molar-refractivity contribution in [3.05, 3.63) is 28.6 Å². The van der Waals surface area contributed by atoms with Gasteiger partial charge in [0.15, 0.2) is 5.69 Å². The van der Waals surface area contributed by atoms with Gasteiger partial charge in [-0.25, -0.2) is 4.79 Å². The maximum Gasteiger partial charge on any atom is 0.355 e. The summed E-state index contributed by atoms with van der Waals surface area (Å²) in [5.41, 5.74) is 1.21. The molecule has 0 aromatic carbocycles. The summed E-state index contributed by atoms with van der Waals surface area (Å²) in [6.07, 6.45) is 3.02. The van der Waals surface area contributed by atoms with E-state index in [2.05, 4.69) is 36.3 Å². The highest BCUT2D eigenvalue weighted by molar-refractivity contribution is 9.10. The first-order valence-electron chi connectivity index (χ1n) is 3.94. The summed E-state index contributed by atoms with van der Waals surface area (Å²) in [5.74, 6) is -1.07. The predicted molar refractivity (Wildman–Crippen MR) is 54.3 cm³/mol. The van der Waals surface area contributed by atoms with E-state index in [0.717, 1.165) is 0 Å². The lowest BCUT2D eigenvalue weighted by Crippen LogP contribution is -1.96. The number of rotatable bonds is 2. The van der Waals surface area contributed by atoms with E-state index in [1.807, 2.05) is 0 Å². The minimum absolute atomic E-state index is 0.0156. The fourth-order valence-corrected chi connectivity index (χ4v) is 1.67. The monoisotopic (exact) mass is 268 g/mol. The topological polar surface area (TPSA) is 91.8 Å². The fraction of sp³-hybridized carbons (Fsp3) is 0. The van der Waals surface area contributed by atoms with Crippen LogP contribution in [-0.4, -0.2) is 31.5 Å². The molecule has 0 saturated heterocycles. The number of nitrogens with zero attached hydrogens (tertiary/aromatic N) is 3. The van der Waals surface area contributed by atoms with Crippen molar-refractivity contribution < 1.29 is 9.90 Å². The van der Waals surface area contributed by atoms with Gasteiger partial charge >= 0.3 is 5.97 Å². The number of aromatic carboxylic acids is 1. The Balaban J connectivity index is 2.52. The van der Waals surface area contributed by atoms with E-state index in [1.165, 1.54) is 12.4 Å². The van der Waals surface area contributed by atoms with Crippen LogP contribution in [0.25, 0.3) is 11.3 Å². The largest absolute Gasteiger partial charge is 0.476 e. The Labute approximate surface area is 92.5 Å². The Morgan fingerprint density at radius 2 is 2.27 bits per heavy atom. The van der Waals surface area contributed by atoms with Crippen LogP contribution in [0.4, 0.5) is 0 Å². The molecule has 0 fully saturated rings.